The van der Waals surface area contributed by atoms with Gasteiger partial charge in [0, 0.05) is 30.8 Å². The summed E-state index contributed by atoms with van der Waals surface area (Å²) in [5.41, 5.74) is -0.589. The van der Waals surface area contributed by atoms with Gasteiger partial charge in [-0.2, -0.15) is 17.2 Å². The smallest absolute Gasteiger partial charge is 0.410 e. The van der Waals surface area contributed by atoms with Crippen LogP contribution in [0.4, 0.5) is 23.7 Å². The van der Waals surface area contributed by atoms with Gasteiger partial charge in [-0.3, -0.25) is 14.4 Å². The predicted molar refractivity (Wildman–Crippen MR) is 108 cm³/mol. The number of rotatable bonds is 7. The number of halogens is 3. The van der Waals surface area contributed by atoms with Crippen LogP contribution in [0.5, 0.6) is 5.75 Å². The SMILES string of the molecule is CNC(=O)C(F)(F)c1ccc2c(c1)OC(=O)N(Cc1cccc(NS(=O)(=O)NC)c1F)C2. The van der Waals surface area contributed by atoms with Crippen LogP contribution >= 0.6 is 0 Å². The summed E-state index contributed by atoms with van der Waals surface area (Å²) in [5, 5.41) is 1.87. The van der Waals surface area contributed by atoms with Crippen LogP contribution in [0.2, 0.25) is 0 Å². The summed E-state index contributed by atoms with van der Waals surface area (Å²) in [6.45, 7) is -0.346. The van der Waals surface area contributed by atoms with E-state index in [-0.39, 0.29) is 30.1 Å². The van der Waals surface area contributed by atoms with E-state index in [9.17, 15) is 31.2 Å². The van der Waals surface area contributed by atoms with E-state index in [2.05, 4.69) is 0 Å². The van der Waals surface area contributed by atoms with Gasteiger partial charge in [0.1, 0.15) is 5.75 Å². The van der Waals surface area contributed by atoms with E-state index in [1.54, 1.807) is 0 Å². The number of hydrogen-bond donors (Lipinski definition) is 3. The molecule has 2 aromatic rings. The summed E-state index contributed by atoms with van der Waals surface area (Å²) in [4.78, 5) is 24.9. The molecule has 1 heterocycles. The molecule has 0 aromatic heterocycles. The second kappa shape index (κ2) is 8.67. The Morgan fingerprint density at radius 2 is 1.94 bits per heavy atom. The molecule has 2 amide bonds. The number of amides is 2. The first-order valence-corrected chi connectivity index (χ1v) is 10.7. The quantitative estimate of drug-likeness (QED) is 0.570. The molecule has 3 N–H and O–H groups in total. The third kappa shape index (κ3) is 4.62. The zero-order valence-electron chi connectivity index (χ0n) is 16.9. The van der Waals surface area contributed by atoms with Gasteiger partial charge in [-0.15, -0.1) is 0 Å². The van der Waals surface area contributed by atoms with Crippen molar-refractivity contribution in [2.75, 3.05) is 18.8 Å². The van der Waals surface area contributed by atoms with E-state index in [1.807, 2.05) is 14.8 Å². The fourth-order valence-electron chi connectivity index (χ4n) is 2.99. The minimum atomic E-state index is -3.95. The Morgan fingerprint density at radius 3 is 2.59 bits per heavy atom. The van der Waals surface area contributed by atoms with Crippen molar-refractivity contribution in [1.82, 2.24) is 14.9 Å². The van der Waals surface area contributed by atoms with Crippen molar-refractivity contribution in [3.63, 3.8) is 0 Å². The molecule has 0 bridgehead atoms. The Hall–Kier alpha value is -3.32. The number of hydrogen-bond acceptors (Lipinski definition) is 5. The summed E-state index contributed by atoms with van der Waals surface area (Å²) in [5.74, 6) is -6.35. The maximum absolute atomic E-state index is 14.8. The van der Waals surface area contributed by atoms with Crippen LogP contribution in [0.25, 0.3) is 0 Å². The number of likely N-dealkylation sites (N-methyl/N-ethyl adjacent to an activating group) is 1. The maximum atomic E-state index is 14.8. The lowest BCUT2D eigenvalue weighted by molar-refractivity contribution is -0.146. The van der Waals surface area contributed by atoms with Crippen LogP contribution in [-0.4, -0.2) is 39.4 Å². The zero-order valence-corrected chi connectivity index (χ0v) is 17.7. The number of ether oxygens (including phenoxy) is 1. The van der Waals surface area contributed by atoms with Gasteiger partial charge in [0.15, 0.2) is 5.82 Å². The van der Waals surface area contributed by atoms with Gasteiger partial charge >= 0.3 is 12.0 Å². The van der Waals surface area contributed by atoms with E-state index in [1.165, 1.54) is 24.3 Å². The van der Waals surface area contributed by atoms with Gasteiger partial charge in [-0.25, -0.2) is 13.9 Å². The number of fused-ring (bicyclic) bond motifs is 1. The number of carbonyl (C=O) groups is 2. The molecule has 3 rings (SSSR count). The van der Waals surface area contributed by atoms with E-state index in [4.69, 9.17) is 4.74 Å². The summed E-state index contributed by atoms with van der Waals surface area (Å²) in [6, 6.07) is 7.22. The minimum absolute atomic E-state index is 0.00414. The second-order valence-corrected chi connectivity index (χ2v) is 8.41. The average Bonchev–Trinajstić information content (AvgIpc) is 2.75. The fourth-order valence-corrected chi connectivity index (χ4v) is 3.54. The Labute approximate surface area is 181 Å². The number of carbonyl (C=O) groups excluding carboxylic acids is 2. The Kier molecular flexibility index (Phi) is 6.32. The largest absolute Gasteiger partial charge is 0.415 e. The molecule has 1 aliphatic heterocycles. The van der Waals surface area contributed by atoms with Crippen molar-refractivity contribution in [2.24, 2.45) is 0 Å². The van der Waals surface area contributed by atoms with Gasteiger partial charge in [0.05, 0.1) is 18.8 Å². The Morgan fingerprint density at radius 1 is 1.22 bits per heavy atom. The Balaban J connectivity index is 1.83. The molecule has 0 saturated heterocycles. The van der Waals surface area contributed by atoms with Crippen molar-refractivity contribution in [2.45, 2.75) is 19.0 Å². The zero-order chi connectivity index (χ0) is 23.7. The lowest BCUT2D eigenvalue weighted by atomic mass is 10.0. The topological polar surface area (TPSA) is 117 Å². The van der Waals surface area contributed by atoms with Crippen LogP contribution in [0, 0.1) is 5.82 Å². The Bertz CT molecular complexity index is 1170. The molecule has 0 spiro atoms. The molecule has 9 nitrogen and oxygen atoms in total. The molecule has 0 unspecified atom stereocenters. The fraction of sp³-hybridized carbons (Fsp3) is 0.263. The molecular formula is C19H19F3N4O5S. The van der Waals surface area contributed by atoms with Crippen molar-refractivity contribution >= 4 is 27.9 Å². The number of alkyl halides is 2. The molecule has 13 heteroatoms. The number of nitrogens with one attached hydrogen (secondary N) is 3. The van der Waals surface area contributed by atoms with E-state index in [0.29, 0.717) is 5.56 Å². The molecular weight excluding hydrogens is 453 g/mol. The maximum Gasteiger partial charge on any atom is 0.415 e. The van der Waals surface area contributed by atoms with Gasteiger partial charge in [0.25, 0.3) is 16.1 Å². The van der Waals surface area contributed by atoms with Crippen molar-refractivity contribution in [3.8, 4) is 5.75 Å². The molecule has 2 aromatic carbocycles. The highest BCUT2D eigenvalue weighted by Crippen LogP contribution is 2.35. The lowest BCUT2D eigenvalue weighted by Crippen LogP contribution is -2.38. The minimum Gasteiger partial charge on any atom is -0.410 e. The van der Waals surface area contributed by atoms with Gasteiger partial charge in [-0.05, 0) is 12.1 Å². The van der Waals surface area contributed by atoms with Crippen LogP contribution in [0.3, 0.4) is 0 Å². The first-order chi connectivity index (χ1) is 15.0. The first-order valence-electron chi connectivity index (χ1n) is 9.17. The summed E-state index contributed by atoms with van der Waals surface area (Å²) < 4.78 is 75.4. The number of nitrogens with zero attached hydrogens (tertiary/aromatic N) is 1. The van der Waals surface area contributed by atoms with Gasteiger partial charge in [0.2, 0.25) is 0 Å². The standard InChI is InChI=1S/C19H19F3N4O5S/c1-23-17(27)19(21,22)13-7-6-11-9-26(18(28)31-15(11)8-13)10-12-4-3-5-14(16(12)20)25-32(29,30)24-2/h3-8,24-25H,9-10H2,1-2H3,(H,23,27). The normalized spacial score (nSPS) is 13.9. The molecule has 0 saturated carbocycles. The first kappa shape index (κ1) is 23.3. The number of benzene rings is 2. The van der Waals surface area contributed by atoms with Crippen LogP contribution in [-0.2, 0) is 34.0 Å². The van der Waals surface area contributed by atoms with E-state index < -0.39 is 39.5 Å². The summed E-state index contributed by atoms with van der Waals surface area (Å²) >= 11 is 0. The van der Waals surface area contributed by atoms with Crippen molar-refractivity contribution < 1.29 is 35.9 Å². The molecule has 0 aliphatic carbocycles. The van der Waals surface area contributed by atoms with E-state index >= 15 is 0 Å². The molecule has 0 fully saturated rings. The summed E-state index contributed by atoms with van der Waals surface area (Å²) in [7, 11) is -1.73. The molecule has 172 valence electrons. The molecule has 32 heavy (non-hydrogen) atoms. The second-order valence-electron chi connectivity index (χ2n) is 6.79. The molecule has 0 atom stereocenters. The summed E-state index contributed by atoms with van der Waals surface area (Å²) in [6.07, 6.45) is -0.918. The average molecular weight is 472 g/mol. The molecule has 1 aliphatic rings. The van der Waals surface area contributed by atoms with Crippen LogP contribution < -0.4 is 19.5 Å². The third-order valence-electron chi connectivity index (χ3n) is 4.71. The predicted octanol–water partition coefficient (Wildman–Crippen LogP) is 2.05. The van der Waals surface area contributed by atoms with Gasteiger partial charge < -0.3 is 10.1 Å². The van der Waals surface area contributed by atoms with Crippen molar-refractivity contribution in [1.29, 1.82) is 0 Å². The number of anilines is 1. The highest BCUT2D eigenvalue weighted by molar-refractivity contribution is 7.90. The highest BCUT2D eigenvalue weighted by atomic mass is 32.2. The van der Waals surface area contributed by atoms with Crippen LogP contribution in [0.15, 0.2) is 36.4 Å². The third-order valence-corrected chi connectivity index (χ3v) is 5.74. The van der Waals surface area contributed by atoms with Crippen molar-refractivity contribution in [3.05, 3.63) is 58.9 Å². The lowest BCUT2D eigenvalue weighted by Gasteiger charge is -2.29. The van der Waals surface area contributed by atoms with Gasteiger partial charge in [-0.1, -0.05) is 24.3 Å². The molecule has 0 radical (unpaired) electrons. The van der Waals surface area contributed by atoms with Crippen LogP contribution in [0.1, 0.15) is 16.7 Å². The monoisotopic (exact) mass is 472 g/mol. The van der Waals surface area contributed by atoms with E-state index in [0.717, 1.165) is 31.1 Å². The highest BCUT2D eigenvalue weighted by Gasteiger charge is 2.41.